The number of benzene rings is 1. The fourth-order valence-corrected chi connectivity index (χ4v) is 3.05. The summed E-state index contributed by atoms with van der Waals surface area (Å²) in [7, 11) is -4.37. The molecule has 0 atom stereocenters. The third-order valence-corrected chi connectivity index (χ3v) is 4.48. The zero-order valence-electron chi connectivity index (χ0n) is 13.1. The van der Waals surface area contributed by atoms with Crippen molar-refractivity contribution in [2.75, 3.05) is 0 Å². The van der Waals surface area contributed by atoms with E-state index in [1.807, 2.05) is 0 Å². The number of hydrogen-bond donors (Lipinski definition) is 1. The summed E-state index contributed by atoms with van der Waals surface area (Å²) in [6.07, 6.45) is 1.43. The highest BCUT2D eigenvalue weighted by molar-refractivity contribution is 7.89. The van der Waals surface area contributed by atoms with Crippen LogP contribution in [0.5, 0.6) is 0 Å². The molecule has 0 bridgehead atoms. The van der Waals surface area contributed by atoms with E-state index in [-0.39, 0.29) is 11.3 Å². The van der Waals surface area contributed by atoms with Crippen LogP contribution < -0.4 is 5.14 Å². The first-order valence-corrected chi connectivity index (χ1v) is 8.73. The summed E-state index contributed by atoms with van der Waals surface area (Å²) in [6.45, 7) is 1.81. The van der Waals surface area contributed by atoms with Gasteiger partial charge in [-0.15, -0.1) is 0 Å². The second kappa shape index (κ2) is 6.30. The number of aryl methyl sites for hydroxylation is 1. The van der Waals surface area contributed by atoms with E-state index in [0.717, 1.165) is 11.8 Å². The Labute approximate surface area is 143 Å². The van der Waals surface area contributed by atoms with E-state index in [2.05, 4.69) is 9.97 Å². The third-order valence-electron chi connectivity index (χ3n) is 3.56. The number of aromatic nitrogens is 2. The lowest BCUT2D eigenvalue weighted by molar-refractivity contribution is 0.555. The zero-order valence-corrected chi connectivity index (χ0v) is 13.9. The molecule has 5 nitrogen and oxygen atoms in total. The molecule has 128 valence electrons. The van der Waals surface area contributed by atoms with Gasteiger partial charge in [0.15, 0.2) is 0 Å². The lowest BCUT2D eigenvalue weighted by atomic mass is 10.0. The molecule has 0 saturated carbocycles. The number of nitrogens with two attached hydrogens (primary N) is 1. The molecule has 0 aliphatic heterocycles. The van der Waals surface area contributed by atoms with Gasteiger partial charge in [0, 0.05) is 23.0 Å². The van der Waals surface area contributed by atoms with Gasteiger partial charge in [-0.05, 0) is 43.3 Å². The lowest BCUT2D eigenvalue weighted by Gasteiger charge is -2.11. The molecule has 2 aromatic heterocycles. The number of hydrogen-bond acceptors (Lipinski definition) is 4. The third kappa shape index (κ3) is 3.40. The van der Waals surface area contributed by atoms with Crippen molar-refractivity contribution < 1.29 is 17.2 Å². The zero-order chi connectivity index (χ0) is 18.2. The predicted octanol–water partition coefficient (Wildman–Crippen LogP) is 3.04. The highest BCUT2D eigenvalue weighted by Crippen LogP contribution is 2.32. The van der Waals surface area contributed by atoms with Crippen LogP contribution in [0, 0.1) is 18.6 Å². The highest BCUT2D eigenvalue weighted by Gasteiger charge is 2.21. The monoisotopic (exact) mass is 361 g/mol. The molecule has 0 aliphatic carbocycles. The first-order valence-electron chi connectivity index (χ1n) is 7.18. The largest absolute Gasteiger partial charge is 0.255 e. The standard InChI is InChI=1S/C17H13F2N3O2S/c1-10-4-2-6-15(22-10)11-5-3-7-21-17(11)12-8-14(19)16(9-13(12)18)25(20,23)24/h2-9H,1H3,(H2,20,23,24). The molecule has 3 aromatic rings. The van der Waals surface area contributed by atoms with Crippen LogP contribution in [-0.2, 0) is 10.0 Å². The van der Waals surface area contributed by atoms with Gasteiger partial charge in [-0.3, -0.25) is 9.97 Å². The lowest BCUT2D eigenvalue weighted by Crippen LogP contribution is -2.14. The van der Waals surface area contributed by atoms with Crippen LogP contribution in [0.3, 0.4) is 0 Å². The Morgan fingerprint density at radius 2 is 1.76 bits per heavy atom. The van der Waals surface area contributed by atoms with Crippen molar-refractivity contribution in [3.8, 4) is 22.5 Å². The molecule has 8 heteroatoms. The van der Waals surface area contributed by atoms with Gasteiger partial charge in [0.2, 0.25) is 10.0 Å². The Morgan fingerprint density at radius 3 is 2.44 bits per heavy atom. The van der Waals surface area contributed by atoms with Crippen LogP contribution in [-0.4, -0.2) is 18.4 Å². The van der Waals surface area contributed by atoms with Gasteiger partial charge in [-0.25, -0.2) is 22.3 Å². The van der Waals surface area contributed by atoms with Gasteiger partial charge >= 0.3 is 0 Å². The number of halogens is 2. The topological polar surface area (TPSA) is 85.9 Å². The first-order chi connectivity index (χ1) is 11.8. The summed E-state index contributed by atoms with van der Waals surface area (Å²) in [5.41, 5.74) is 1.76. The summed E-state index contributed by atoms with van der Waals surface area (Å²) in [5.74, 6) is -2.09. The smallest absolute Gasteiger partial charge is 0.241 e. The molecule has 25 heavy (non-hydrogen) atoms. The molecular weight excluding hydrogens is 348 g/mol. The van der Waals surface area contributed by atoms with Gasteiger partial charge in [-0.1, -0.05) is 6.07 Å². The van der Waals surface area contributed by atoms with Crippen LogP contribution in [0.2, 0.25) is 0 Å². The minimum Gasteiger partial charge on any atom is -0.255 e. The van der Waals surface area contributed by atoms with Crippen molar-refractivity contribution in [1.82, 2.24) is 9.97 Å². The van der Waals surface area contributed by atoms with E-state index in [4.69, 9.17) is 5.14 Å². The van der Waals surface area contributed by atoms with Crippen LogP contribution in [0.15, 0.2) is 53.6 Å². The van der Waals surface area contributed by atoms with Gasteiger partial charge in [0.05, 0.1) is 11.4 Å². The highest BCUT2D eigenvalue weighted by atomic mass is 32.2. The van der Waals surface area contributed by atoms with E-state index in [1.165, 1.54) is 6.20 Å². The van der Waals surface area contributed by atoms with Crippen molar-refractivity contribution in [2.24, 2.45) is 5.14 Å². The Morgan fingerprint density at radius 1 is 1.00 bits per heavy atom. The molecule has 0 spiro atoms. The number of primary sulfonamides is 1. The van der Waals surface area contributed by atoms with E-state index in [1.54, 1.807) is 37.3 Å². The van der Waals surface area contributed by atoms with Crippen LogP contribution >= 0.6 is 0 Å². The van der Waals surface area contributed by atoms with Gasteiger partial charge < -0.3 is 0 Å². The van der Waals surface area contributed by atoms with Crippen molar-refractivity contribution in [3.05, 3.63) is 66.0 Å². The summed E-state index contributed by atoms with van der Waals surface area (Å²) in [5, 5.41) is 4.89. The van der Waals surface area contributed by atoms with Crippen molar-refractivity contribution in [1.29, 1.82) is 0 Å². The fourth-order valence-electron chi connectivity index (χ4n) is 2.45. The molecule has 0 amide bonds. The summed E-state index contributed by atoms with van der Waals surface area (Å²) in [6, 6.07) is 9.97. The van der Waals surface area contributed by atoms with Gasteiger partial charge in [0.1, 0.15) is 16.5 Å². The Kier molecular flexibility index (Phi) is 4.32. The maximum Gasteiger partial charge on any atom is 0.241 e. The molecule has 0 saturated heterocycles. The van der Waals surface area contributed by atoms with Crippen LogP contribution in [0.25, 0.3) is 22.5 Å². The average molecular weight is 361 g/mol. The number of pyridine rings is 2. The minimum absolute atomic E-state index is 0.151. The van der Waals surface area contributed by atoms with E-state index in [9.17, 15) is 17.2 Å². The molecule has 1 aromatic carbocycles. The Balaban J connectivity index is 2.24. The van der Waals surface area contributed by atoms with Crippen molar-refractivity contribution in [2.45, 2.75) is 11.8 Å². The summed E-state index contributed by atoms with van der Waals surface area (Å²) in [4.78, 5) is 7.58. The molecule has 2 heterocycles. The number of nitrogens with zero attached hydrogens (tertiary/aromatic N) is 2. The minimum atomic E-state index is -4.37. The molecule has 0 radical (unpaired) electrons. The Hall–Kier alpha value is -2.71. The summed E-state index contributed by atoms with van der Waals surface area (Å²) >= 11 is 0. The van der Waals surface area contributed by atoms with Crippen molar-refractivity contribution >= 4 is 10.0 Å². The molecule has 2 N–H and O–H groups in total. The molecule has 0 unspecified atom stereocenters. The second-order valence-corrected chi connectivity index (χ2v) is 6.90. The average Bonchev–Trinajstić information content (AvgIpc) is 2.55. The van der Waals surface area contributed by atoms with Crippen molar-refractivity contribution in [3.63, 3.8) is 0 Å². The van der Waals surface area contributed by atoms with E-state index >= 15 is 0 Å². The number of rotatable bonds is 3. The number of sulfonamides is 1. The maximum atomic E-state index is 14.5. The summed E-state index contributed by atoms with van der Waals surface area (Å²) < 4.78 is 51.3. The normalized spacial score (nSPS) is 11.5. The van der Waals surface area contributed by atoms with E-state index < -0.39 is 26.6 Å². The molecular formula is C17H13F2N3O2S. The van der Waals surface area contributed by atoms with Crippen LogP contribution in [0.4, 0.5) is 8.78 Å². The quantitative estimate of drug-likeness (QED) is 0.777. The van der Waals surface area contributed by atoms with Gasteiger partial charge in [-0.2, -0.15) is 0 Å². The SMILES string of the molecule is Cc1cccc(-c2cccnc2-c2cc(F)c(S(N)(=O)=O)cc2F)n1. The second-order valence-electron chi connectivity index (χ2n) is 5.37. The molecule has 3 rings (SSSR count). The van der Waals surface area contributed by atoms with Crippen LogP contribution in [0.1, 0.15) is 5.69 Å². The fraction of sp³-hybridized carbons (Fsp3) is 0.0588. The van der Waals surface area contributed by atoms with Gasteiger partial charge in [0.25, 0.3) is 0 Å². The Bertz CT molecular complexity index is 1070. The molecule has 0 aliphatic rings. The predicted molar refractivity (Wildman–Crippen MR) is 88.9 cm³/mol. The molecule has 0 fully saturated rings. The van der Waals surface area contributed by atoms with E-state index in [0.29, 0.717) is 17.3 Å². The first kappa shape index (κ1) is 17.1. The maximum absolute atomic E-state index is 14.5.